The van der Waals surface area contributed by atoms with Crippen LogP contribution in [-0.2, 0) is 14.9 Å². The molecule has 0 radical (unpaired) electrons. The zero-order valence-electron chi connectivity index (χ0n) is 19.7. The number of likely N-dealkylation sites (tertiary alicyclic amines) is 1. The van der Waals surface area contributed by atoms with E-state index in [-0.39, 0.29) is 32.4 Å². The molecular weight excluding hydrogens is 561 g/mol. The highest BCUT2D eigenvalue weighted by Crippen LogP contribution is 2.45. The van der Waals surface area contributed by atoms with Crippen LogP contribution in [0.3, 0.4) is 0 Å². The minimum Gasteiger partial charge on any atom is -0.462 e. The van der Waals surface area contributed by atoms with Crippen LogP contribution in [0.25, 0.3) is 0 Å². The summed E-state index contributed by atoms with van der Waals surface area (Å²) in [7, 11) is 0. The highest BCUT2D eigenvalue weighted by Gasteiger charge is 2.37. The Kier molecular flexibility index (Phi) is 8.54. The van der Waals surface area contributed by atoms with Gasteiger partial charge in [-0.15, -0.1) is 0 Å². The van der Waals surface area contributed by atoms with E-state index >= 15 is 0 Å². The molecule has 0 atom stereocenters. The van der Waals surface area contributed by atoms with Crippen LogP contribution in [0.5, 0.6) is 0 Å². The van der Waals surface area contributed by atoms with Gasteiger partial charge in [-0.1, -0.05) is 41.0 Å². The lowest BCUT2D eigenvalue weighted by Crippen LogP contribution is -2.50. The molecule has 1 aliphatic rings. The van der Waals surface area contributed by atoms with Crippen LogP contribution in [0.2, 0.25) is 10.0 Å². The fraction of sp³-hybridized carbons (Fsp3) is 0.435. The van der Waals surface area contributed by atoms with Gasteiger partial charge in [-0.05, 0) is 57.0 Å². The highest BCUT2D eigenvalue weighted by atomic mass is 35.5. The number of aromatic amines is 1. The maximum absolute atomic E-state index is 13.8. The zero-order valence-corrected chi connectivity index (χ0v) is 22.8. The van der Waals surface area contributed by atoms with Crippen LogP contribution < -0.4 is 5.56 Å². The molecule has 1 amide bonds. The number of benzene rings is 1. The number of H-pyrrole nitrogens is 1. The lowest BCUT2D eigenvalue weighted by molar-refractivity contribution is 0.00816. The summed E-state index contributed by atoms with van der Waals surface area (Å²) in [6.45, 7) is 7.51. The summed E-state index contributed by atoms with van der Waals surface area (Å²) in [6, 6.07) is 4.15. The molecule has 1 aromatic heterocycles. The molecule has 196 valence electrons. The van der Waals surface area contributed by atoms with Crippen molar-refractivity contribution in [3.05, 3.63) is 55.4 Å². The number of carbonyl (C=O) groups excluding carboxylic acids is 2. The van der Waals surface area contributed by atoms with Gasteiger partial charge < -0.3 is 19.4 Å². The molecule has 36 heavy (non-hydrogen) atoms. The Bertz CT molecular complexity index is 1240. The molecule has 1 fully saturated rings. The second-order valence-corrected chi connectivity index (χ2v) is 11.2. The standard InChI is InChI=1S/C23H23Cl3F2N2O5S/c1-5-34-20(32)16-14(8-15(23(26,27)28)29-19(16)31)36-18-13(24)7-6-12(17(18)25)11-9-30(10-11)21(33)35-22(2,3)4/h6-8,11H,5,9-10H2,1-4H3,(H,29,31). The number of nitrogens with one attached hydrogen (secondary N) is 1. The van der Waals surface area contributed by atoms with E-state index in [1.807, 2.05) is 4.98 Å². The van der Waals surface area contributed by atoms with E-state index < -0.39 is 39.9 Å². The first kappa shape index (κ1) is 28.6. The minimum absolute atomic E-state index is 0.0391. The first-order valence-corrected chi connectivity index (χ1v) is 12.7. The SMILES string of the molecule is CCOC(=O)c1c(Sc2c(Cl)ccc(C3CN(C(=O)OC(C)(C)C)C3)c2Cl)cc(C(F)(F)Cl)[nH]c1=O. The number of ether oxygens (including phenoxy) is 2. The van der Waals surface area contributed by atoms with Gasteiger partial charge in [0.15, 0.2) is 0 Å². The summed E-state index contributed by atoms with van der Waals surface area (Å²) < 4.78 is 37.9. The molecule has 2 aromatic rings. The monoisotopic (exact) mass is 582 g/mol. The smallest absolute Gasteiger partial charge is 0.410 e. The Labute approximate surface area is 225 Å². The van der Waals surface area contributed by atoms with Gasteiger partial charge in [0.2, 0.25) is 0 Å². The van der Waals surface area contributed by atoms with Crippen LogP contribution in [-0.4, -0.2) is 47.2 Å². The number of aromatic nitrogens is 1. The zero-order chi connectivity index (χ0) is 27.0. The van der Waals surface area contributed by atoms with E-state index in [9.17, 15) is 23.2 Å². The van der Waals surface area contributed by atoms with Crippen molar-refractivity contribution < 1.29 is 27.8 Å². The number of hydrogen-bond acceptors (Lipinski definition) is 6. The van der Waals surface area contributed by atoms with E-state index in [4.69, 9.17) is 44.3 Å². The third kappa shape index (κ3) is 6.45. The third-order valence-electron chi connectivity index (χ3n) is 5.05. The fourth-order valence-corrected chi connectivity index (χ4v) is 5.29. The topological polar surface area (TPSA) is 88.7 Å². The Balaban J connectivity index is 1.96. The van der Waals surface area contributed by atoms with Gasteiger partial charge in [-0.3, -0.25) is 4.79 Å². The predicted octanol–water partition coefficient (Wildman–Crippen LogP) is 6.63. The van der Waals surface area contributed by atoms with Crippen molar-refractivity contribution in [2.24, 2.45) is 0 Å². The van der Waals surface area contributed by atoms with Gasteiger partial charge in [0, 0.05) is 28.8 Å². The number of halogens is 5. The molecule has 1 saturated heterocycles. The Morgan fingerprint density at radius 1 is 1.22 bits per heavy atom. The molecule has 7 nitrogen and oxygen atoms in total. The molecule has 0 aliphatic carbocycles. The third-order valence-corrected chi connectivity index (χ3v) is 7.37. The molecule has 13 heteroatoms. The Morgan fingerprint density at radius 3 is 2.42 bits per heavy atom. The number of amides is 1. The van der Waals surface area contributed by atoms with Crippen LogP contribution in [0.4, 0.5) is 13.6 Å². The maximum Gasteiger partial charge on any atom is 0.410 e. The summed E-state index contributed by atoms with van der Waals surface area (Å²) in [5.74, 6) is -1.13. The number of hydrogen-bond donors (Lipinski definition) is 1. The van der Waals surface area contributed by atoms with Gasteiger partial charge in [-0.25, -0.2) is 9.59 Å². The number of esters is 1. The molecule has 1 aromatic carbocycles. The number of nitrogens with zero attached hydrogens (tertiary/aromatic N) is 1. The number of carbonyl (C=O) groups is 2. The summed E-state index contributed by atoms with van der Waals surface area (Å²) in [6.07, 6.45) is -0.449. The largest absolute Gasteiger partial charge is 0.462 e. The first-order chi connectivity index (χ1) is 16.6. The fourth-order valence-electron chi connectivity index (χ4n) is 3.38. The van der Waals surface area contributed by atoms with Crippen molar-refractivity contribution in [2.45, 2.75) is 54.4 Å². The van der Waals surface area contributed by atoms with Crippen LogP contribution in [0, 0.1) is 0 Å². The number of rotatable bonds is 6. The van der Waals surface area contributed by atoms with Crippen molar-refractivity contribution in [2.75, 3.05) is 19.7 Å². The number of alkyl halides is 3. The van der Waals surface area contributed by atoms with E-state index in [2.05, 4.69) is 0 Å². The highest BCUT2D eigenvalue weighted by molar-refractivity contribution is 7.99. The van der Waals surface area contributed by atoms with E-state index in [1.54, 1.807) is 32.9 Å². The minimum atomic E-state index is -3.89. The molecule has 0 spiro atoms. The molecule has 1 N–H and O–H groups in total. The van der Waals surface area contributed by atoms with Crippen molar-refractivity contribution in [1.29, 1.82) is 0 Å². The van der Waals surface area contributed by atoms with Gasteiger partial charge in [0.1, 0.15) is 16.9 Å². The molecule has 3 rings (SSSR count). The summed E-state index contributed by atoms with van der Waals surface area (Å²) >= 11 is 18.9. The Morgan fingerprint density at radius 2 is 1.86 bits per heavy atom. The van der Waals surface area contributed by atoms with Gasteiger partial charge in [0.25, 0.3) is 5.56 Å². The van der Waals surface area contributed by atoms with Crippen molar-refractivity contribution >= 4 is 58.6 Å². The van der Waals surface area contributed by atoms with E-state index in [1.165, 1.54) is 11.8 Å². The van der Waals surface area contributed by atoms with Crippen molar-refractivity contribution in [3.8, 4) is 0 Å². The van der Waals surface area contributed by atoms with Gasteiger partial charge in [0.05, 0.1) is 16.7 Å². The molecule has 2 heterocycles. The van der Waals surface area contributed by atoms with Crippen LogP contribution in [0.15, 0.2) is 32.8 Å². The molecule has 0 bridgehead atoms. The lowest BCUT2D eigenvalue weighted by Gasteiger charge is -2.40. The molecule has 0 saturated carbocycles. The molecular formula is C23H23Cl3F2N2O5S. The summed E-state index contributed by atoms with van der Waals surface area (Å²) in [5.41, 5.74) is -2.45. The van der Waals surface area contributed by atoms with Gasteiger partial charge in [-0.2, -0.15) is 8.78 Å². The summed E-state index contributed by atoms with van der Waals surface area (Å²) in [4.78, 5) is 40.8. The average molecular weight is 584 g/mol. The molecule has 0 unspecified atom stereocenters. The normalized spacial score (nSPS) is 14.4. The van der Waals surface area contributed by atoms with Crippen molar-refractivity contribution in [3.63, 3.8) is 0 Å². The van der Waals surface area contributed by atoms with Gasteiger partial charge >= 0.3 is 17.4 Å². The lowest BCUT2D eigenvalue weighted by atomic mass is 9.92. The number of pyridine rings is 1. The second kappa shape index (κ2) is 10.8. The van der Waals surface area contributed by atoms with E-state index in [0.29, 0.717) is 18.7 Å². The quantitative estimate of drug-likeness (QED) is 0.303. The van der Waals surface area contributed by atoms with Crippen LogP contribution in [0.1, 0.15) is 55.2 Å². The maximum atomic E-state index is 13.8. The predicted molar refractivity (Wildman–Crippen MR) is 134 cm³/mol. The van der Waals surface area contributed by atoms with Crippen LogP contribution >= 0.6 is 46.6 Å². The second-order valence-electron chi connectivity index (χ2n) is 8.93. The van der Waals surface area contributed by atoms with Crippen molar-refractivity contribution in [1.82, 2.24) is 9.88 Å². The Hall–Kier alpha value is -2.01. The average Bonchev–Trinajstić information content (AvgIpc) is 2.69. The molecule has 1 aliphatic heterocycles. The van der Waals surface area contributed by atoms with E-state index in [0.717, 1.165) is 17.8 Å². The first-order valence-electron chi connectivity index (χ1n) is 10.8. The summed E-state index contributed by atoms with van der Waals surface area (Å²) in [5, 5.41) is -3.52.